The number of aliphatic hydroxyl groups is 1. The SMILES string of the molecule is OCCSc1ccc(F)cn1. The molecule has 0 fully saturated rings. The molecular weight excluding hydrogens is 165 g/mol. The van der Waals surface area contributed by atoms with Crippen LogP contribution in [0.2, 0.25) is 0 Å². The number of halogens is 1. The maximum absolute atomic E-state index is 12.3. The van der Waals surface area contributed by atoms with E-state index >= 15 is 0 Å². The molecule has 1 aromatic rings. The van der Waals surface area contributed by atoms with E-state index in [0.717, 1.165) is 5.03 Å². The summed E-state index contributed by atoms with van der Waals surface area (Å²) in [5, 5.41) is 9.20. The Kier molecular flexibility index (Phi) is 3.32. The molecule has 0 saturated heterocycles. The third-order valence-electron chi connectivity index (χ3n) is 1.04. The van der Waals surface area contributed by atoms with Gasteiger partial charge in [0, 0.05) is 5.75 Å². The Balaban J connectivity index is 2.52. The van der Waals surface area contributed by atoms with Crippen LogP contribution in [0.4, 0.5) is 4.39 Å². The molecule has 0 aliphatic heterocycles. The summed E-state index contributed by atoms with van der Waals surface area (Å²) in [7, 11) is 0. The number of thioether (sulfide) groups is 1. The molecule has 0 bridgehead atoms. The summed E-state index contributed by atoms with van der Waals surface area (Å²) in [4.78, 5) is 3.79. The number of aromatic nitrogens is 1. The van der Waals surface area contributed by atoms with E-state index in [4.69, 9.17) is 5.11 Å². The summed E-state index contributed by atoms with van der Waals surface area (Å²) in [6.45, 7) is 0.115. The topological polar surface area (TPSA) is 33.1 Å². The lowest BCUT2D eigenvalue weighted by Crippen LogP contribution is -1.87. The summed E-state index contributed by atoms with van der Waals surface area (Å²) in [6, 6.07) is 2.95. The van der Waals surface area contributed by atoms with Crippen molar-refractivity contribution in [3.63, 3.8) is 0 Å². The van der Waals surface area contributed by atoms with Crippen LogP contribution in [0.3, 0.4) is 0 Å². The third kappa shape index (κ3) is 2.86. The minimum absolute atomic E-state index is 0.115. The Morgan fingerprint density at radius 1 is 1.55 bits per heavy atom. The summed E-state index contributed by atoms with van der Waals surface area (Å²) >= 11 is 1.40. The molecule has 0 atom stereocenters. The van der Waals surface area contributed by atoms with Gasteiger partial charge in [0.1, 0.15) is 5.82 Å². The predicted octanol–water partition coefficient (Wildman–Crippen LogP) is 1.31. The zero-order valence-electron chi connectivity index (χ0n) is 5.83. The maximum atomic E-state index is 12.3. The fraction of sp³-hybridized carbons (Fsp3) is 0.286. The van der Waals surface area contributed by atoms with Gasteiger partial charge in [0.2, 0.25) is 0 Å². The monoisotopic (exact) mass is 173 g/mol. The Bertz CT molecular complexity index is 214. The molecule has 0 saturated carbocycles. The molecule has 1 rings (SSSR count). The summed E-state index contributed by atoms with van der Waals surface area (Å²) in [6.07, 6.45) is 1.17. The van der Waals surface area contributed by atoms with E-state index in [2.05, 4.69) is 4.98 Å². The molecule has 1 N–H and O–H groups in total. The highest BCUT2D eigenvalue weighted by Gasteiger charge is 1.94. The molecule has 0 aliphatic carbocycles. The number of nitrogens with zero attached hydrogens (tertiary/aromatic N) is 1. The summed E-state index contributed by atoms with van der Waals surface area (Å²) < 4.78 is 12.3. The van der Waals surface area contributed by atoms with Crippen LogP contribution in [0.25, 0.3) is 0 Å². The smallest absolute Gasteiger partial charge is 0.141 e. The van der Waals surface area contributed by atoms with Gasteiger partial charge < -0.3 is 5.11 Å². The standard InChI is InChI=1S/C7H8FNOS/c8-6-1-2-7(9-5-6)11-4-3-10/h1-2,5,10H,3-4H2. The average Bonchev–Trinajstić information content (AvgIpc) is 2.04. The lowest BCUT2D eigenvalue weighted by Gasteiger charge is -1.96. The summed E-state index contributed by atoms with van der Waals surface area (Å²) in [5.41, 5.74) is 0. The molecule has 4 heteroatoms. The van der Waals surface area contributed by atoms with E-state index in [9.17, 15) is 4.39 Å². The van der Waals surface area contributed by atoms with Crippen molar-refractivity contribution in [1.82, 2.24) is 4.98 Å². The van der Waals surface area contributed by atoms with Crippen molar-refractivity contribution in [3.05, 3.63) is 24.1 Å². The quantitative estimate of drug-likeness (QED) is 0.699. The largest absolute Gasteiger partial charge is 0.396 e. The highest BCUT2D eigenvalue weighted by atomic mass is 32.2. The normalized spacial score (nSPS) is 10.0. The van der Waals surface area contributed by atoms with Gasteiger partial charge in [0.25, 0.3) is 0 Å². The molecule has 11 heavy (non-hydrogen) atoms. The van der Waals surface area contributed by atoms with Crippen LogP contribution in [-0.4, -0.2) is 22.5 Å². The Morgan fingerprint density at radius 3 is 2.91 bits per heavy atom. The van der Waals surface area contributed by atoms with Gasteiger partial charge in [-0.1, -0.05) is 0 Å². The zero-order chi connectivity index (χ0) is 8.10. The van der Waals surface area contributed by atoms with Crippen LogP contribution >= 0.6 is 11.8 Å². The van der Waals surface area contributed by atoms with Gasteiger partial charge >= 0.3 is 0 Å². The fourth-order valence-electron chi connectivity index (χ4n) is 0.598. The average molecular weight is 173 g/mol. The predicted molar refractivity (Wildman–Crippen MR) is 42.0 cm³/mol. The number of hydrogen-bond donors (Lipinski definition) is 1. The van der Waals surface area contributed by atoms with Crippen LogP contribution in [0.1, 0.15) is 0 Å². The molecule has 60 valence electrons. The number of rotatable bonds is 3. The minimum Gasteiger partial charge on any atom is -0.396 e. The first kappa shape index (κ1) is 8.49. The van der Waals surface area contributed by atoms with E-state index in [0.29, 0.717) is 5.75 Å². The molecule has 0 spiro atoms. The van der Waals surface area contributed by atoms with Crippen molar-refractivity contribution in [1.29, 1.82) is 0 Å². The Labute approximate surface area is 68.5 Å². The number of pyridine rings is 1. The zero-order valence-corrected chi connectivity index (χ0v) is 6.64. The van der Waals surface area contributed by atoms with Crippen molar-refractivity contribution in [2.45, 2.75) is 5.03 Å². The second-order valence-corrected chi connectivity index (χ2v) is 3.00. The highest BCUT2D eigenvalue weighted by molar-refractivity contribution is 7.99. The lowest BCUT2D eigenvalue weighted by atomic mass is 10.5. The Morgan fingerprint density at radius 2 is 2.36 bits per heavy atom. The second kappa shape index (κ2) is 4.31. The lowest BCUT2D eigenvalue weighted by molar-refractivity contribution is 0.322. The van der Waals surface area contributed by atoms with Crippen molar-refractivity contribution in [2.24, 2.45) is 0 Å². The minimum atomic E-state index is -0.335. The van der Waals surface area contributed by atoms with Gasteiger partial charge in [0.15, 0.2) is 0 Å². The van der Waals surface area contributed by atoms with E-state index in [1.165, 1.54) is 24.0 Å². The first-order valence-corrected chi connectivity index (χ1v) is 4.16. The first-order valence-electron chi connectivity index (χ1n) is 3.18. The fourth-order valence-corrected chi connectivity index (χ4v) is 1.19. The molecule has 0 aromatic carbocycles. The van der Waals surface area contributed by atoms with Crippen molar-refractivity contribution in [3.8, 4) is 0 Å². The van der Waals surface area contributed by atoms with Crippen LogP contribution in [0, 0.1) is 5.82 Å². The van der Waals surface area contributed by atoms with E-state index in [1.807, 2.05) is 0 Å². The molecule has 0 unspecified atom stereocenters. The third-order valence-corrected chi connectivity index (χ3v) is 1.97. The molecule has 0 radical (unpaired) electrons. The second-order valence-electron chi connectivity index (χ2n) is 1.89. The van der Waals surface area contributed by atoms with Gasteiger partial charge in [-0.3, -0.25) is 0 Å². The van der Waals surface area contributed by atoms with E-state index in [-0.39, 0.29) is 12.4 Å². The van der Waals surface area contributed by atoms with Crippen molar-refractivity contribution < 1.29 is 9.50 Å². The van der Waals surface area contributed by atoms with Gasteiger partial charge in [0.05, 0.1) is 17.8 Å². The molecule has 1 heterocycles. The maximum Gasteiger partial charge on any atom is 0.141 e. The first-order chi connectivity index (χ1) is 5.33. The van der Waals surface area contributed by atoms with E-state index in [1.54, 1.807) is 6.07 Å². The number of hydrogen-bond acceptors (Lipinski definition) is 3. The van der Waals surface area contributed by atoms with Gasteiger partial charge in [-0.15, -0.1) is 11.8 Å². The summed E-state index contributed by atoms with van der Waals surface area (Å²) in [5.74, 6) is 0.261. The molecule has 0 aliphatic rings. The van der Waals surface area contributed by atoms with Crippen LogP contribution in [0.5, 0.6) is 0 Å². The van der Waals surface area contributed by atoms with Crippen LogP contribution in [0.15, 0.2) is 23.4 Å². The Hall–Kier alpha value is -0.610. The number of aliphatic hydroxyl groups excluding tert-OH is 1. The molecule has 2 nitrogen and oxygen atoms in total. The van der Waals surface area contributed by atoms with Gasteiger partial charge in [-0.05, 0) is 12.1 Å². The van der Waals surface area contributed by atoms with Crippen molar-refractivity contribution in [2.75, 3.05) is 12.4 Å². The van der Waals surface area contributed by atoms with Gasteiger partial charge in [-0.25, -0.2) is 9.37 Å². The molecule has 1 aromatic heterocycles. The van der Waals surface area contributed by atoms with Crippen LogP contribution in [-0.2, 0) is 0 Å². The van der Waals surface area contributed by atoms with Crippen molar-refractivity contribution >= 4 is 11.8 Å². The molecule has 0 amide bonds. The highest BCUT2D eigenvalue weighted by Crippen LogP contribution is 2.13. The van der Waals surface area contributed by atoms with Gasteiger partial charge in [-0.2, -0.15) is 0 Å². The van der Waals surface area contributed by atoms with E-state index < -0.39 is 0 Å². The van der Waals surface area contributed by atoms with Crippen LogP contribution < -0.4 is 0 Å². The molecular formula is C7H8FNOS.